The van der Waals surface area contributed by atoms with Crippen molar-refractivity contribution in [3.8, 4) is 0 Å². The Morgan fingerprint density at radius 2 is 1.64 bits per heavy atom. The molecular weight excluding hydrogens is 150 g/mol. The van der Waals surface area contributed by atoms with Crippen LogP contribution >= 0.6 is 0 Å². The van der Waals surface area contributed by atoms with E-state index >= 15 is 0 Å². The predicted octanol–water partition coefficient (Wildman–Crippen LogP) is -0.217. The summed E-state index contributed by atoms with van der Waals surface area (Å²) >= 11 is 0. The Kier molecular flexibility index (Phi) is 2.95. The number of nitrogens with zero attached hydrogens (tertiary/aromatic N) is 1. The molecule has 1 unspecified atom stereocenters. The van der Waals surface area contributed by atoms with Crippen LogP contribution in [0.5, 0.6) is 0 Å². The molecule has 0 aromatic carbocycles. The van der Waals surface area contributed by atoms with Gasteiger partial charge in [0.05, 0.1) is 0 Å². The number of rotatable bonds is 3. The first-order valence-corrected chi connectivity index (χ1v) is 3.34. The molecular formula is C6H13NO4. The van der Waals surface area contributed by atoms with E-state index in [-0.39, 0.29) is 0 Å². The van der Waals surface area contributed by atoms with Crippen LogP contribution in [0.3, 0.4) is 0 Å². The highest BCUT2D eigenvalue weighted by molar-refractivity contribution is 4.84. The third kappa shape index (κ3) is 1.66. The van der Waals surface area contributed by atoms with Crippen molar-refractivity contribution >= 4 is 0 Å². The second kappa shape index (κ2) is 3.15. The van der Waals surface area contributed by atoms with Crippen LogP contribution in [0.4, 0.5) is 0 Å². The van der Waals surface area contributed by atoms with E-state index in [1.165, 1.54) is 20.8 Å². The van der Waals surface area contributed by atoms with Gasteiger partial charge in [-0.25, -0.2) is 0 Å². The van der Waals surface area contributed by atoms with Crippen LogP contribution in [0.15, 0.2) is 0 Å². The Balaban J connectivity index is 4.67. The van der Waals surface area contributed by atoms with E-state index in [4.69, 9.17) is 10.2 Å². The molecule has 0 aromatic heterocycles. The molecule has 0 aliphatic carbocycles. The van der Waals surface area contributed by atoms with E-state index in [2.05, 4.69) is 0 Å². The number of nitro groups is 1. The van der Waals surface area contributed by atoms with Gasteiger partial charge in [0.25, 0.3) is 5.54 Å². The van der Waals surface area contributed by atoms with Gasteiger partial charge in [0.15, 0.2) is 0 Å². The summed E-state index contributed by atoms with van der Waals surface area (Å²) in [5.74, 6) is 0. The molecule has 0 aliphatic heterocycles. The van der Waals surface area contributed by atoms with Crippen LogP contribution < -0.4 is 0 Å². The van der Waals surface area contributed by atoms with Crippen LogP contribution in [-0.4, -0.2) is 32.9 Å². The van der Waals surface area contributed by atoms with E-state index in [1.807, 2.05) is 0 Å². The van der Waals surface area contributed by atoms with Crippen molar-refractivity contribution in [1.29, 1.82) is 0 Å². The molecule has 0 rings (SSSR count). The molecule has 0 radical (unpaired) electrons. The van der Waals surface area contributed by atoms with Gasteiger partial charge in [-0.2, -0.15) is 0 Å². The maximum Gasteiger partial charge on any atom is 0.269 e. The van der Waals surface area contributed by atoms with Crippen molar-refractivity contribution in [2.24, 2.45) is 0 Å². The van der Waals surface area contributed by atoms with Gasteiger partial charge in [-0.3, -0.25) is 10.1 Å². The first-order valence-electron chi connectivity index (χ1n) is 3.34. The van der Waals surface area contributed by atoms with Crippen LogP contribution in [-0.2, 0) is 0 Å². The zero-order valence-electron chi connectivity index (χ0n) is 6.81. The molecule has 0 saturated heterocycles. The highest BCUT2D eigenvalue weighted by Gasteiger charge is 2.47. The fourth-order valence-corrected chi connectivity index (χ4v) is 0.654. The molecule has 0 aromatic rings. The van der Waals surface area contributed by atoms with E-state index in [1.54, 1.807) is 0 Å². The first kappa shape index (κ1) is 10.3. The van der Waals surface area contributed by atoms with Crippen LogP contribution in [0.1, 0.15) is 20.8 Å². The first-order chi connectivity index (χ1) is 4.83. The fourth-order valence-electron chi connectivity index (χ4n) is 0.654. The molecule has 3 atom stereocenters. The van der Waals surface area contributed by atoms with Gasteiger partial charge in [-0.1, -0.05) is 0 Å². The van der Waals surface area contributed by atoms with Crippen LogP contribution in [0.25, 0.3) is 0 Å². The minimum atomic E-state index is -1.67. The maximum absolute atomic E-state index is 10.4. The molecule has 2 N–H and O–H groups in total. The molecule has 0 saturated carbocycles. The highest BCUT2D eigenvalue weighted by Crippen LogP contribution is 2.18. The second-order valence-electron chi connectivity index (χ2n) is 2.83. The van der Waals surface area contributed by atoms with E-state index in [0.717, 1.165) is 0 Å². The van der Waals surface area contributed by atoms with Gasteiger partial charge in [-0.15, -0.1) is 0 Å². The maximum atomic E-state index is 10.4. The molecule has 5 heteroatoms. The Hall–Kier alpha value is -0.680. The second-order valence-corrected chi connectivity index (χ2v) is 2.83. The molecule has 0 spiro atoms. The smallest absolute Gasteiger partial charge is 0.269 e. The highest BCUT2D eigenvalue weighted by atomic mass is 16.6. The summed E-state index contributed by atoms with van der Waals surface area (Å²) in [7, 11) is 0. The molecule has 66 valence electrons. The molecule has 5 nitrogen and oxygen atoms in total. The normalized spacial score (nSPS) is 21.9. The van der Waals surface area contributed by atoms with E-state index < -0.39 is 22.7 Å². The zero-order valence-corrected chi connectivity index (χ0v) is 6.81. The summed E-state index contributed by atoms with van der Waals surface area (Å²) in [5, 5.41) is 28.4. The number of hydrogen-bond acceptors (Lipinski definition) is 4. The average Bonchev–Trinajstić information content (AvgIpc) is 1.84. The number of aliphatic hydroxyl groups is 2. The van der Waals surface area contributed by atoms with Crippen molar-refractivity contribution in [1.82, 2.24) is 0 Å². The summed E-state index contributed by atoms with van der Waals surface area (Å²) in [5.41, 5.74) is -1.67. The third-order valence-corrected chi connectivity index (χ3v) is 2.09. The van der Waals surface area contributed by atoms with Crippen molar-refractivity contribution < 1.29 is 15.1 Å². The lowest BCUT2D eigenvalue weighted by atomic mass is 9.91. The quantitative estimate of drug-likeness (QED) is 0.445. The fraction of sp³-hybridized carbons (Fsp3) is 1.00. The van der Waals surface area contributed by atoms with Crippen molar-refractivity contribution in [3.63, 3.8) is 0 Å². The van der Waals surface area contributed by atoms with Crippen LogP contribution in [0.2, 0.25) is 0 Å². The summed E-state index contributed by atoms with van der Waals surface area (Å²) in [6, 6.07) is 0. The summed E-state index contributed by atoms with van der Waals surface area (Å²) in [6.07, 6.45) is -2.34. The Morgan fingerprint density at radius 1 is 1.36 bits per heavy atom. The standard InChI is InChI=1S/C6H13NO4/c1-4(8)6(3,5(2)9)7(10)11/h4-5,8-9H,1-3H3/t4-,5+,6?. The minimum Gasteiger partial charge on any atom is -0.386 e. The molecule has 0 aliphatic rings. The Bertz CT molecular complexity index is 147. The lowest BCUT2D eigenvalue weighted by Gasteiger charge is -2.25. The lowest BCUT2D eigenvalue weighted by molar-refractivity contribution is -0.589. The van der Waals surface area contributed by atoms with Crippen molar-refractivity contribution in [3.05, 3.63) is 10.1 Å². The van der Waals surface area contributed by atoms with Gasteiger partial charge < -0.3 is 10.2 Å². The lowest BCUT2D eigenvalue weighted by Crippen LogP contribution is -2.53. The monoisotopic (exact) mass is 163 g/mol. The van der Waals surface area contributed by atoms with Crippen molar-refractivity contribution in [2.75, 3.05) is 0 Å². The van der Waals surface area contributed by atoms with Gasteiger partial charge in [0.1, 0.15) is 12.2 Å². The summed E-state index contributed by atoms with van der Waals surface area (Å²) in [6.45, 7) is 3.79. The van der Waals surface area contributed by atoms with Gasteiger partial charge in [0, 0.05) is 11.8 Å². The Labute approximate surface area is 64.8 Å². The summed E-state index contributed by atoms with van der Waals surface area (Å²) in [4.78, 5) is 9.73. The summed E-state index contributed by atoms with van der Waals surface area (Å²) < 4.78 is 0. The number of hydrogen-bond donors (Lipinski definition) is 2. The largest absolute Gasteiger partial charge is 0.386 e. The van der Waals surface area contributed by atoms with Crippen molar-refractivity contribution in [2.45, 2.75) is 38.5 Å². The van der Waals surface area contributed by atoms with E-state index in [9.17, 15) is 10.1 Å². The third-order valence-electron chi connectivity index (χ3n) is 2.09. The molecule has 0 bridgehead atoms. The molecule has 0 amide bonds. The van der Waals surface area contributed by atoms with Crippen LogP contribution in [0, 0.1) is 10.1 Å². The topological polar surface area (TPSA) is 83.6 Å². The molecule has 11 heavy (non-hydrogen) atoms. The minimum absolute atomic E-state index is 0.664. The molecule has 0 fully saturated rings. The van der Waals surface area contributed by atoms with Gasteiger partial charge in [0.2, 0.25) is 0 Å². The average molecular weight is 163 g/mol. The zero-order chi connectivity index (χ0) is 9.23. The SMILES string of the molecule is C[C@H](O)C(C)([C@@H](C)O)[N+](=O)[O-]. The van der Waals surface area contributed by atoms with Gasteiger partial charge in [-0.05, 0) is 13.8 Å². The predicted molar refractivity (Wildman–Crippen MR) is 38.8 cm³/mol. The van der Waals surface area contributed by atoms with E-state index in [0.29, 0.717) is 0 Å². The van der Waals surface area contributed by atoms with Gasteiger partial charge >= 0.3 is 0 Å². The molecule has 0 heterocycles. The Morgan fingerprint density at radius 3 is 1.64 bits per heavy atom. The number of aliphatic hydroxyl groups excluding tert-OH is 2.